The molecular formula is C3Co2O7. The third kappa shape index (κ3) is 60.0. The summed E-state index contributed by atoms with van der Waals surface area (Å²) in [7, 11) is 0. The molecule has 0 N–H and O–H groups in total. The van der Waals surface area contributed by atoms with E-state index in [0.717, 1.165) is 0 Å². The molecule has 0 heterocycles. The van der Waals surface area contributed by atoms with Gasteiger partial charge in [-0.3, -0.25) is 0 Å². The van der Waals surface area contributed by atoms with Crippen LogP contribution in [0, 0.1) is 0 Å². The van der Waals surface area contributed by atoms with E-state index < -0.39 is 18.1 Å². The summed E-state index contributed by atoms with van der Waals surface area (Å²) >= 11 is 0. The van der Waals surface area contributed by atoms with Gasteiger partial charge in [-0.25, -0.2) is 0 Å². The Morgan fingerprint density at radius 1 is 0.667 bits per heavy atom. The normalized spacial score (nSPS) is 5.67. The van der Waals surface area contributed by atoms with Crippen molar-refractivity contribution in [2.75, 3.05) is 0 Å². The van der Waals surface area contributed by atoms with Crippen LogP contribution in [-0.4, -0.2) is 18.1 Å². The molecule has 0 atom stereocenters. The molecule has 72 valence electrons. The van der Waals surface area contributed by atoms with E-state index in [1.165, 1.54) is 0 Å². The number of rotatable bonds is 0. The molecule has 0 spiro atoms. The second-order valence-corrected chi connectivity index (χ2v) is 0.825. The maximum Gasteiger partial charge on any atom is 2.00 e. The zero-order chi connectivity index (χ0) is 8.73. The molecule has 12 heavy (non-hydrogen) atoms. The summed E-state index contributed by atoms with van der Waals surface area (Å²) in [6.45, 7) is 0. The first kappa shape index (κ1) is 22.5. The second kappa shape index (κ2) is 12.9. The van der Waals surface area contributed by atoms with Gasteiger partial charge in [-0.15, -0.1) is 0 Å². The number of carboxylic acid groups (broad SMARTS) is 4. The van der Waals surface area contributed by atoms with Crippen LogP contribution in [0.4, 0.5) is 4.79 Å². The molecule has 0 aromatic heterocycles. The summed E-state index contributed by atoms with van der Waals surface area (Å²) < 4.78 is 0. The molecule has 0 saturated heterocycles. The van der Waals surface area contributed by atoms with Crippen molar-refractivity contribution in [1.29, 1.82) is 0 Å². The van der Waals surface area contributed by atoms with Crippen LogP contribution < -0.4 is 20.4 Å². The van der Waals surface area contributed by atoms with Crippen LogP contribution >= 0.6 is 0 Å². The van der Waals surface area contributed by atoms with E-state index in [1.54, 1.807) is 0 Å². The number of hydrogen-bond acceptors (Lipinski definition) is 7. The van der Waals surface area contributed by atoms with Crippen molar-refractivity contribution in [2.24, 2.45) is 0 Å². The first-order chi connectivity index (χ1) is 4.37. The SMILES string of the molecule is O=C([O-])C(=O)[O-].O=C([O-])[O-].[Co+2].[Co+2]. The summed E-state index contributed by atoms with van der Waals surface area (Å²) in [6.07, 6.45) is -2.33. The summed E-state index contributed by atoms with van der Waals surface area (Å²) in [5, 5.41) is 34.5. The topological polar surface area (TPSA) is 143 Å². The fourth-order valence-corrected chi connectivity index (χ4v) is 0. The van der Waals surface area contributed by atoms with Crippen molar-refractivity contribution in [2.45, 2.75) is 0 Å². The minimum Gasteiger partial charge on any atom is -0.652 e. The quantitative estimate of drug-likeness (QED) is 0.397. The fraction of sp³-hybridized carbons (Fsp3) is 0. The first-order valence-corrected chi connectivity index (χ1v) is 1.68. The Labute approximate surface area is 86.8 Å². The molecular weight excluding hydrogens is 266 g/mol. The van der Waals surface area contributed by atoms with E-state index in [0.29, 0.717) is 0 Å². The van der Waals surface area contributed by atoms with Gasteiger partial charge in [-0.1, -0.05) is 0 Å². The predicted octanol–water partition coefficient (Wildman–Crippen LogP) is -5.97. The number of aliphatic carboxylic acids is 2. The largest absolute Gasteiger partial charge is 2.00 e. The predicted molar refractivity (Wildman–Crippen MR) is 15.4 cm³/mol. The molecule has 0 rings (SSSR count). The Balaban J connectivity index is -0.0000000483. The Morgan fingerprint density at radius 2 is 0.750 bits per heavy atom. The van der Waals surface area contributed by atoms with Crippen molar-refractivity contribution in [3.05, 3.63) is 0 Å². The molecule has 9 heteroatoms. The van der Waals surface area contributed by atoms with Gasteiger partial charge in [0, 0.05) is 0 Å². The van der Waals surface area contributed by atoms with Gasteiger partial charge < -0.3 is 34.8 Å². The van der Waals surface area contributed by atoms with Crippen molar-refractivity contribution in [1.82, 2.24) is 0 Å². The summed E-state index contributed by atoms with van der Waals surface area (Å²) in [6, 6.07) is 0. The zero-order valence-electron chi connectivity index (χ0n) is 5.02. The molecule has 0 aliphatic rings. The molecule has 0 aromatic carbocycles. The maximum atomic E-state index is 8.93. The average molecular weight is 266 g/mol. The van der Waals surface area contributed by atoms with Gasteiger partial charge in [-0.2, -0.15) is 0 Å². The van der Waals surface area contributed by atoms with Gasteiger partial charge in [0.15, 0.2) is 0 Å². The fourth-order valence-electron chi connectivity index (χ4n) is 0. The van der Waals surface area contributed by atoms with E-state index in [9.17, 15) is 0 Å². The first-order valence-electron chi connectivity index (χ1n) is 1.68. The van der Waals surface area contributed by atoms with Crippen molar-refractivity contribution >= 4 is 18.1 Å². The summed E-state index contributed by atoms with van der Waals surface area (Å²) in [5.74, 6) is -4.37. The minimum atomic E-state index is -2.33. The molecule has 0 bridgehead atoms. The summed E-state index contributed by atoms with van der Waals surface area (Å²) in [4.78, 5) is 26.2. The van der Waals surface area contributed by atoms with E-state index in [-0.39, 0.29) is 33.6 Å². The minimum absolute atomic E-state index is 0. The number of carbonyl (C=O) groups is 3. The van der Waals surface area contributed by atoms with Crippen LogP contribution in [0.15, 0.2) is 0 Å². The Hall–Kier alpha value is -0.777. The zero-order valence-corrected chi connectivity index (χ0v) is 7.11. The smallest absolute Gasteiger partial charge is 0.652 e. The average Bonchev–Trinajstić information content (AvgIpc) is 1.63. The van der Waals surface area contributed by atoms with E-state index in [4.69, 9.17) is 34.8 Å². The number of carboxylic acids is 2. The molecule has 0 aliphatic heterocycles. The van der Waals surface area contributed by atoms with E-state index in [2.05, 4.69) is 0 Å². The Morgan fingerprint density at radius 3 is 0.750 bits per heavy atom. The molecule has 7 nitrogen and oxygen atoms in total. The third-order valence-electron chi connectivity index (χ3n) is 0.167. The molecule has 0 unspecified atom stereocenters. The van der Waals surface area contributed by atoms with Crippen LogP contribution in [0.2, 0.25) is 0 Å². The Bertz CT molecular complexity index is 139. The van der Waals surface area contributed by atoms with Gasteiger partial charge in [0.25, 0.3) is 0 Å². The van der Waals surface area contributed by atoms with Crippen LogP contribution in [-0.2, 0) is 43.1 Å². The van der Waals surface area contributed by atoms with Gasteiger partial charge in [0.05, 0.1) is 11.9 Å². The van der Waals surface area contributed by atoms with Gasteiger partial charge in [-0.05, 0) is 6.16 Å². The van der Waals surface area contributed by atoms with E-state index in [1.807, 2.05) is 0 Å². The van der Waals surface area contributed by atoms with E-state index >= 15 is 0 Å². The van der Waals surface area contributed by atoms with Crippen molar-refractivity contribution in [3.8, 4) is 0 Å². The summed E-state index contributed by atoms with van der Waals surface area (Å²) in [5.41, 5.74) is 0. The molecule has 0 aromatic rings. The van der Waals surface area contributed by atoms with Gasteiger partial charge >= 0.3 is 33.6 Å². The standard InChI is InChI=1S/C2H2O4.CH2O3.2Co/c3-1(4)2(5)6;2-1(3)4;;/h(H,3,4)(H,5,6);(H2,2,3,4);;/q;;2*+2/p-4. The second-order valence-electron chi connectivity index (χ2n) is 0.825. The van der Waals surface area contributed by atoms with Gasteiger partial charge in [0.2, 0.25) is 0 Å². The maximum absolute atomic E-state index is 8.93. The molecule has 0 fully saturated rings. The van der Waals surface area contributed by atoms with Crippen molar-refractivity contribution in [3.63, 3.8) is 0 Å². The van der Waals surface area contributed by atoms with Crippen LogP contribution in [0.1, 0.15) is 0 Å². The van der Waals surface area contributed by atoms with Gasteiger partial charge in [0.1, 0.15) is 0 Å². The molecule has 0 amide bonds. The number of hydrogen-bond donors (Lipinski definition) is 0. The van der Waals surface area contributed by atoms with Crippen LogP contribution in [0.3, 0.4) is 0 Å². The van der Waals surface area contributed by atoms with Crippen LogP contribution in [0.5, 0.6) is 0 Å². The molecule has 2 radical (unpaired) electrons. The third-order valence-corrected chi connectivity index (χ3v) is 0.167. The van der Waals surface area contributed by atoms with Crippen LogP contribution in [0.25, 0.3) is 0 Å². The molecule has 0 saturated carbocycles. The monoisotopic (exact) mass is 266 g/mol. The number of carbonyl (C=O) groups excluding carboxylic acids is 3. The Kier molecular flexibility index (Phi) is 24.1. The van der Waals surface area contributed by atoms with Crippen molar-refractivity contribution < 1.29 is 68.4 Å². The molecule has 0 aliphatic carbocycles.